The Hall–Kier alpha value is -1.46. The molecule has 0 atom stereocenters. The first-order valence-electron chi connectivity index (χ1n) is 7.50. The van der Waals surface area contributed by atoms with Gasteiger partial charge in [0.2, 0.25) is 0 Å². The molecule has 1 heterocycles. The molecule has 22 heavy (non-hydrogen) atoms. The van der Waals surface area contributed by atoms with Crippen LogP contribution in [0.25, 0.3) is 10.9 Å². The van der Waals surface area contributed by atoms with E-state index in [1.165, 1.54) is 0 Å². The number of halogens is 1. The monoisotopic (exact) mass is 364 g/mol. The van der Waals surface area contributed by atoms with Crippen LogP contribution in [0.5, 0.6) is 0 Å². The summed E-state index contributed by atoms with van der Waals surface area (Å²) in [6.45, 7) is 4.92. The molecule has 1 aromatic carbocycles. The predicted molar refractivity (Wildman–Crippen MR) is 91.8 cm³/mol. The standard InChI is InChI=1S/C17H21BrN2O2/c1-3-17(4-2,16(21)22)11-19-10-12-7-8-14(18)13-6-5-9-20-15(12)13/h5-9,19H,3-4,10-11H2,1-2H3,(H,21,22). The summed E-state index contributed by atoms with van der Waals surface area (Å²) in [7, 11) is 0. The van der Waals surface area contributed by atoms with Crippen molar-refractivity contribution in [3.63, 3.8) is 0 Å². The lowest BCUT2D eigenvalue weighted by atomic mass is 9.82. The molecule has 0 amide bonds. The molecule has 0 radical (unpaired) electrons. The average molecular weight is 365 g/mol. The molecule has 2 N–H and O–H groups in total. The van der Waals surface area contributed by atoms with E-state index in [0.29, 0.717) is 25.9 Å². The highest BCUT2D eigenvalue weighted by Crippen LogP contribution is 2.27. The van der Waals surface area contributed by atoms with E-state index in [2.05, 4.69) is 26.2 Å². The van der Waals surface area contributed by atoms with E-state index in [4.69, 9.17) is 0 Å². The molecule has 2 rings (SSSR count). The molecule has 0 saturated heterocycles. The molecule has 0 fully saturated rings. The third kappa shape index (κ3) is 3.31. The van der Waals surface area contributed by atoms with Gasteiger partial charge in [-0.25, -0.2) is 0 Å². The van der Waals surface area contributed by atoms with Gasteiger partial charge in [-0.1, -0.05) is 41.9 Å². The van der Waals surface area contributed by atoms with Crippen molar-refractivity contribution < 1.29 is 9.90 Å². The lowest BCUT2D eigenvalue weighted by molar-refractivity contribution is -0.149. The number of carboxylic acid groups (broad SMARTS) is 1. The maximum Gasteiger partial charge on any atom is 0.310 e. The Bertz CT molecular complexity index is 669. The van der Waals surface area contributed by atoms with E-state index in [-0.39, 0.29) is 0 Å². The molecule has 118 valence electrons. The summed E-state index contributed by atoms with van der Waals surface area (Å²) < 4.78 is 1.02. The third-order valence-corrected chi connectivity index (χ3v) is 5.08. The molecular formula is C17H21BrN2O2. The van der Waals surface area contributed by atoms with E-state index >= 15 is 0 Å². The van der Waals surface area contributed by atoms with Gasteiger partial charge in [0.1, 0.15) is 0 Å². The Labute approximate surface area is 139 Å². The first-order valence-corrected chi connectivity index (χ1v) is 8.29. The van der Waals surface area contributed by atoms with Gasteiger partial charge in [-0.2, -0.15) is 0 Å². The lowest BCUT2D eigenvalue weighted by Crippen LogP contribution is -2.40. The van der Waals surface area contributed by atoms with Crippen LogP contribution < -0.4 is 5.32 Å². The highest BCUT2D eigenvalue weighted by Gasteiger charge is 2.34. The molecular weight excluding hydrogens is 344 g/mol. The molecule has 2 aromatic rings. The fourth-order valence-corrected chi connectivity index (χ4v) is 3.11. The minimum atomic E-state index is -0.733. The number of aromatic nitrogens is 1. The molecule has 0 aliphatic rings. The normalized spacial score (nSPS) is 11.8. The number of hydrogen-bond acceptors (Lipinski definition) is 3. The van der Waals surface area contributed by atoms with Crippen LogP contribution in [0, 0.1) is 5.41 Å². The van der Waals surface area contributed by atoms with Gasteiger partial charge in [-0.05, 0) is 30.5 Å². The molecule has 5 heteroatoms. The molecule has 0 bridgehead atoms. The van der Waals surface area contributed by atoms with E-state index < -0.39 is 11.4 Å². The van der Waals surface area contributed by atoms with E-state index in [0.717, 1.165) is 20.9 Å². The zero-order chi connectivity index (χ0) is 16.2. The minimum absolute atomic E-state index is 0.458. The van der Waals surface area contributed by atoms with Crippen molar-refractivity contribution in [1.82, 2.24) is 10.3 Å². The molecule has 0 aliphatic heterocycles. The molecule has 0 spiro atoms. The zero-order valence-corrected chi connectivity index (χ0v) is 14.5. The predicted octanol–water partition coefficient (Wildman–Crippen LogP) is 3.98. The van der Waals surface area contributed by atoms with Crippen molar-refractivity contribution in [3.8, 4) is 0 Å². The number of nitrogens with zero attached hydrogens (tertiary/aromatic N) is 1. The van der Waals surface area contributed by atoms with Crippen LogP contribution in [-0.2, 0) is 11.3 Å². The van der Waals surface area contributed by atoms with Crippen molar-refractivity contribution in [2.45, 2.75) is 33.2 Å². The van der Waals surface area contributed by atoms with E-state index in [9.17, 15) is 9.90 Å². The quantitative estimate of drug-likeness (QED) is 0.779. The van der Waals surface area contributed by atoms with Crippen LogP contribution in [0.15, 0.2) is 34.9 Å². The Morgan fingerprint density at radius 2 is 2.05 bits per heavy atom. The maximum atomic E-state index is 11.5. The van der Waals surface area contributed by atoms with E-state index in [1.54, 1.807) is 6.20 Å². The van der Waals surface area contributed by atoms with Crippen LogP contribution >= 0.6 is 15.9 Å². The van der Waals surface area contributed by atoms with Crippen LogP contribution in [-0.4, -0.2) is 22.6 Å². The SMILES string of the molecule is CCC(CC)(CNCc1ccc(Br)c2cccnc12)C(=O)O. The van der Waals surface area contributed by atoms with Crippen LogP contribution in [0.2, 0.25) is 0 Å². The fourth-order valence-electron chi connectivity index (χ4n) is 2.65. The number of aliphatic carboxylic acids is 1. The first-order chi connectivity index (χ1) is 10.5. The molecule has 0 saturated carbocycles. The van der Waals surface area contributed by atoms with Gasteiger partial charge in [0.25, 0.3) is 0 Å². The van der Waals surface area contributed by atoms with Crippen LogP contribution in [0.1, 0.15) is 32.3 Å². The Balaban J connectivity index is 2.16. The smallest absolute Gasteiger partial charge is 0.310 e. The van der Waals surface area contributed by atoms with Gasteiger partial charge >= 0.3 is 5.97 Å². The maximum absolute atomic E-state index is 11.5. The van der Waals surface area contributed by atoms with Gasteiger partial charge in [-0.15, -0.1) is 0 Å². The number of carbonyl (C=O) groups is 1. The summed E-state index contributed by atoms with van der Waals surface area (Å²) in [6, 6.07) is 7.96. The Kier molecular flexibility index (Phi) is 5.53. The Morgan fingerprint density at radius 3 is 2.68 bits per heavy atom. The van der Waals surface area contributed by atoms with Crippen molar-refractivity contribution in [2.24, 2.45) is 5.41 Å². The average Bonchev–Trinajstić information content (AvgIpc) is 2.54. The first kappa shape index (κ1) is 16.9. The summed E-state index contributed by atoms with van der Waals surface area (Å²) in [4.78, 5) is 16.0. The number of rotatable bonds is 7. The summed E-state index contributed by atoms with van der Waals surface area (Å²) in [5.74, 6) is -0.733. The summed E-state index contributed by atoms with van der Waals surface area (Å²) in [6.07, 6.45) is 3.01. The molecule has 4 nitrogen and oxygen atoms in total. The fraction of sp³-hybridized carbons (Fsp3) is 0.412. The molecule has 0 aliphatic carbocycles. The highest BCUT2D eigenvalue weighted by atomic mass is 79.9. The zero-order valence-electron chi connectivity index (χ0n) is 12.9. The topological polar surface area (TPSA) is 62.2 Å². The number of carboxylic acids is 1. The van der Waals surface area contributed by atoms with Crippen molar-refractivity contribution >= 4 is 32.8 Å². The summed E-state index contributed by atoms with van der Waals surface area (Å²) in [5.41, 5.74) is 1.32. The van der Waals surface area contributed by atoms with Gasteiger partial charge in [0.05, 0.1) is 10.9 Å². The van der Waals surface area contributed by atoms with Crippen LogP contribution in [0.3, 0.4) is 0 Å². The highest BCUT2D eigenvalue weighted by molar-refractivity contribution is 9.10. The minimum Gasteiger partial charge on any atom is -0.481 e. The van der Waals surface area contributed by atoms with Crippen molar-refractivity contribution in [2.75, 3.05) is 6.54 Å². The number of nitrogens with one attached hydrogen (secondary N) is 1. The van der Waals surface area contributed by atoms with Crippen molar-refractivity contribution in [3.05, 3.63) is 40.5 Å². The number of fused-ring (bicyclic) bond motifs is 1. The second-order valence-electron chi connectivity index (χ2n) is 5.50. The van der Waals surface area contributed by atoms with Crippen molar-refractivity contribution in [1.29, 1.82) is 0 Å². The number of hydrogen-bond donors (Lipinski definition) is 2. The molecule has 1 aromatic heterocycles. The number of benzene rings is 1. The second-order valence-corrected chi connectivity index (χ2v) is 6.36. The van der Waals surface area contributed by atoms with Gasteiger partial charge in [0.15, 0.2) is 0 Å². The largest absolute Gasteiger partial charge is 0.481 e. The van der Waals surface area contributed by atoms with Gasteiger partial charge in [-0.3, -0.25) is 9.78 Å². The van der Waals surface area contributed by atoms with Crippen LogP contribution in [0.4, 0.5) is 0 Å². The number of pyridine rings is 1. The van der Waals surface area contributed by atoms with Gasteiger partial charge < -0.3 is 10.4 Å². The molecule has 0 unspecified atom stereocenters. The summed E-state index contributed by atoms with van der Waals surface area (Å²) in [5, 5.41) is 13.8. The van der Waals surface area contributed by atoms with Gasteiger partial charge in [0, 0.05) is 29.1 Å². The summed E-state index contributed by atoms with van der Waals surface area (Å²) >= 11 is 3.53. The Morgan fingerprint density at radius 1 is 1.32 bits per heavy atom. The third-order valence-electron chi connectivity index (χ3n) is 4.39. The lowest BCUT2D eigenvalue weighted by Gasteiger charge is -2.27. The second kappa shape index (κ2) is 7.20. The van der Waals surface area contributed by atoms with E-state index in [1.807, 2.05) is 38.1 Å².